The number of ether oxygens (including phenoxy) is 2. The highest BCUT2D eigenvalue weighted by Crippen LogP contribution is 2.23. The number of anilines is 1. The van der Waals surface area contributed by atoms with E-state index in [1.54, 1.807) is 20.0 Å². The number of carbonyl (C=O) groups is 2. The van der Waals surface area contributed by atoms with Crippen LogP contribution in [0.15, 0.2) is 41.5 Å². The summed E-state index contributed by atoms with van der Waals surface area (Å²) >= 11 is 0. The fourth-order valence-electron chi connectivity index (χ4n) is 2.71. The Morgan fingerprint density at radius 1 is 1.14 bits per heavy atom. The van der Waals surface area contributed by atoms with E-state index in [0.29, 0.717) is 11.3 Å². The third-order valence-corrected chi connectivity index (χ3v) is 4.34. The number of esters is 1. The second-order valence-corrected chi connectivity index (χ2v) is 7.03. The van der Waals surface area contributed by atoms with E-state index in [4.69, 9.17) is 9.47 Å². The maximum absolute atomic E-state index is 12.4. The second kappa shape index (κ2) is 12.1. The van der Waals surface area contributed by atoms with Crippen molar-refractivity contribution < 1.29 is 19.1 Å². The highest BCUT2D eigenvalue weighted by Gasteiger charge is 2.20. The summed E-state index contributed by atoms with van der Waals surface area (Å²) in [7, 11) is 3.10. The first kappa shape index (κ1) is 23.6. The number of benzene rings is 1. The van der Waals surface area contributed by atoms with E-state index in [2.05, 4.69) is 32.9 Å². The van der Waals surface area contributed by atoms with Crippen LogP contribution in [0.25, 0.3) is 0 Å². The lowest BCUT2D eigenvalue weighted by atomic mass is 10.0. The maximum atomic E-state index is 12.4. The van der Waals surface area contributed by atoms with Crippen molar-refractivity contribution in [3.63, 3.8) is 0 Å². The van der Waals surface area contributed by atoms with Crippen molar-refractivity contribution in [3.05, 3.63) is 52.6 Å². The molecule has 5 nitrogen and oxygen atoms in total. The van der Waals surface area contributed by atoms with Gasteiger partial charge in [0.05, 0.1) is 17.9 Å². The van der Waals surface area contributed by atoms with Crippen molar-refractivity contribution in [2.75, 3.05) is 32.3 Å². The van der Waals surface area contributed by atoms with Crippen molar-refractivity contribution in [1.29, 1.82) is 0 Å². The van der Waals surface area contributed by atoms with Crippen molar-refractivity contribution in [1.82, 2.24) is 0 Å². The summed E-state index contributed by atoms with van der Waals surface area (Å²) in [6.45, 7) is 8.32. The monoisotopic (exact) mass is 387 g/mol. The average molecular weight is 388 g/mol. The molecule has 154 valence electrons. The molecule has 28 heavy (non-hydrogen) atoms. The highest BCUT2D eigenvalue weighted by atomic mass is 16.5. The van der Waals surface area contributed by atoms with Crippen LogP contribution in [-0.4, -0.2) is 39.2 Å². The van der Waals surface area contributed by atoms with Crippen LogP contribution in [0.3, 0.4) is 0 Å². The Balaban J connectivity index is 3.03. The first-order chi connectivity index (χ1) is 13.3. The first-order valence-electron chi connectivity index (χ1n) is 9.64. The van der Waals surface area contributed by atoms with Crippen LogP contribution in [-0.2, 0) is 20.7 Å². The van der Waals surface area contributed by atoms with E-state index in [0.717, 1.165) is 24.8 Å². The summed E-state index contributed by atoms with van der Waals surface area (Å²) in [6.07, 6.45) is 7.19. The van der Waals surface area contributed by atoms with E-state index >= 15 is 0 Å². The number of rotatable bonds is 10. The molecule has 0 atom stereocenters. The van der Waals surface area contributed by atoms with Gasteiger partial charge in [-0.3, -0.25) is 4.79 Å². The predicted octanol–water partition coefficient (Wildman–Crippen LogP) is 4.71. The molecule has 0 saturated heterocycles. The molecule has 0 aliphatic rings. The van der Waals surface area contributed by atoms with Gasteiger partial charge in [0.1, 0.15) is 6.61 Å². The van der Waals surface area contributed by atoms with E-state index in [9.17, 15) is 9.59 Å². The zero-order valence-corrected chi connectivity index (χ0v) is 18.0. The molecule has 0 aromatic heterocycles. The molecule has 1 rings (SSSR count). The summed E-state index contributed by atoms with van der Waals surface area (Å²) in [4.78, 5) is 26.0. The Bertz CT molecular complexity index is 730. The lowest BCUT2D eigenvalue weighted by molar-refractivity contribution is -0.121. The average Bonchev–Trinajstić information content (AvgIpc) is 2.65. The lowest BCUT2D eigenvalue weighted by Gasteiger charge is -2.20. The number of methoxy groups -OCH3 is 1. The van der Waals surface area contributed by atoms with Gasteiger partial charge >= 0.3 is 5.97 Å². The molecule has 0 N–H and O–H groups in total. The SMILES string of the molecule is CCOC(=O)c1cc(C/C=C(\C)CCC=C(C)C)ccc1N(C)C(=O)COC. The zero-order chi connectivity index (χ0) is 21.1. The Hall–Kier alpha value is -2.40. The van der Waals surface area contributed by atoms with Crippen molar-refractivity contribution >= 4 is 17.6 Å². The van der Waals surface area contributed by atoms with Crippen LogP contribution < -0.4 is 4.90 Å². The van der Waals surface area contributed by atoms with E-state index in [1.807, 2.05) is 12.1 Å². The molecule has 0 heterocycles. The molecule has 0 spiro atoms. The van der Waals surface area contributed by atoms with Crippen molar-refractivity contribution in [2.24, 2.45) is 0 Å². The summed E-state index contributed by atoms with van der Waals surface area (Å²) < 4.78 is 10.1. The topological polar surface area (TPSA) is 55.8 Å². The van der Waals surface area contributed by atoms with Gasteiger partial charge in [-0.2, -0.15) is 0 Å². The molecule has 1 aromatic rings. The Morgan fingerprint density at radius 3 is 2.46 bits per heavy atom. The van der Waals surface area contributed by atoms with Gasteiger partial charge in [-0.25, -0.2) is 4.79 Å². The van der Waals surface area contributed by atoms with Gasteiger partial charge in [-0.05, 0) is 64.7 Å². The first-order valence-corrected chi connectivity index (χ1v) is 9.64. The molecule has 0 unspecified atom stereocenters. The number of likely N-dealkylation sites (N-methyl/N-ethyl adjacent to an activating group) is 1. The van der Waals surface area contributed by atoms with Gasteiger partial charge in [0.2, 0.25) is 0 Å². The molecule has 1 aromatic carbocycles. The predicted molar refractivity (Wildman–Crippen MR) is 114 cm³/mol. The number of allylic oxidation sites excluding steroid dienone is 4. The van der Waals surface area contributed by atoms with Gasteiger partial charge in [0.25, 0.3) is 5.91 Å². The lowest BCUT2D eigenvalue weighted by Crippen LogP contribution is -2.31. The molecular formula is C23H33NO4. The van der Waals surface area contributed by atoms with E-state index in [-0.39, 0.29) is 19.1 Å². The largest absolute Gasteiger partial charge is 0.462 e. The summed E-state index contributed by atoms with van der Waals surface area (Å²) in [5.41, 5.74) is 4.55. The quantitative estimate of drug-likeness (QED) is 0.431. The normalized spacial score (nSPS) is 11.1. The van der Waals surface area contributed by atoms with Gasteiger partial charge < -0.3 is 14.4 Å². The molecule has 0 bridgehead atoms. The molecule has 0 aliphatic carbocycles. The maximum Gasteiger partial charge on any atom is 0.340 e. The van der Waals surface area contributed by atoms with Gasteiger partial charge in [-0.1, -0.05) is 29.4 Å². The molecular weight excluding hydrogens is 354 g/mol. The van der Waals surface area contributed by atoms with Crippen LogP contribution in [0.4, 0.5) is 5.69 Å². The Kier molecular flexibility index (Phi) is 10.2. The summed E-state index contributed by atoms with van der Waals surface area (Å²) in [5, 5.41) is 0. The van der Waals surface area contributed by atoms with Crippen LogP contribution in [0.1, 0.15) is 56.5 Å². The Labute approximate surface area is 169 Å². The zero-order valence-electron chi connectivity index (χ0n) is 18.0. The minimum Gasteiger partial charge on any atom is -0.462 e. The number of amides is 1. The molecule has 5 heteroatoms. The van der Waals surface area contributed by atoms with Crippen molar-refractivity contribution in [2.45, 2.75) is 47.0 Å². The highest BCUT2D eigenvalue weighted by molar-refractivity contribution is 6.02. The van der Waals surface area contributed by atoms with Gasteiger partial charge in [0, 0.05) is 14.2 Å². The molecule has 0 fully saturated rings. The third-order valence-electron chi connectivity index (χ3n) is 4.34. The smallest absolute Gasteiger partial charge is 0.340 e. The van der Waals surface area contributed by atoms with Gasteiger partial charge in [0.15, 0.2) is 0 Å². The third kappa shape index (κ3) is 7.69. The van der Waals surface area contributed by atoms with Crippen LogP contribution >= 0.6 is 0 Å². The number of hydrogen-bond acceptors (Lipinski definition) is 4. The molecule has 0 saturated carbocycles. The van der Waals surface area contributed by atoms with Gasteiger partial charge in [-0.15, -0.1) is 0 Å². The number of nitrogens with zero attached hydrogens (tertiary/aromatic N) is 1. The van der Waals surface area contributed by atoms with Crippen LogP contribution in [0, 0.1) is 0 Å². The number of carbonyl (C=O) groups excluding carboxylic acids is 2. The number of hydrogen-bond donors (Lipinski definition) is 0. The molecule has 1 amide bonds. The minimum absolute atomic E-state index is 0.0475. The molecule has 0 radical (unpaired) electrons. The van der Waals surface area contributed by atoms with Crippen LogP contribution in [0.5, 0.6) is 0 Å². The van der Waals surface area contributed by atoms with E-state index in [1.165, 1.54) is 23.2 Å². The minimum atomic E-state index is -0.430. The van der Waals surface area contributed by atoms with Crippen LogP contribution in [0.2, 0.25) is 0 Å². The fraction of sp³-hybridized carbons (Fsp3) is 0.478. The summed E-state index contributed by atoms with van der Waals surface area (Å²) in [6, 6.07) is 5.54. The van der Waals surface area contributed by atoms with Crippen molar-refractivity contribution in [3.8, 4) is 0 Å². The summed E-state index contributed by atoms with van der Waals surface area (Å²) in [5.74, 6) is -0.656. The molecule has 0 aliphatic heterocycles. The Morgan fingerprint density at radius 2 is 1.86 bits per heavy atom. The second-order valence-electron chi connectivity index (χ2n) is 7.03. The fourth-order valence-corrected chi connectivity index (χ4v) is 2.71. The standard InChI is InChI=1S/C23H33NO4/c1-7-28-23(26)20-15-19(12-11-18(4)10-8-9-17(2)3)13-14-21(20)24(5)22(25)16-27-6/h9,11,13-15H,7-8,10,12,16H2,1-6H3/b18-11+. The van der Waals surface area contributed by atoms with E-state index < -0.39 is 5.97 Å².